The van der Waals surface area contributed by atoms with Gasteiger partial charge in [0.25, 0.3) is 5.91 Å². The molecule has 1 amide bonds. The summed E-state index contributed by atoms with van der Waals surface area (Å²) < 4.78 is 5.03. The van der Waals surface area contributed by atoms with E-state index in [0.29, 0.717) is 11.4 Å². The first-order valence-corrected chi connectivity index (χ1v) is 7.27. The fourth-order valence-corrected chi connectivity index (χ4v) is 2.31. The maximum Gasteiger partial charge on any atom is 0.340 e. The van der Waals surface area contributed by atoms with E-state index in [4.69, 9.17) is 10.5 Å². The molecule has 2 aromatic rings. The van der Waals surface area contributed by atoms with Crippen LogP contribution in [0.5, 0.6) is 0 Å². The first kappa shape index (κ1) is 16.5. The fraction of sp³-hybridized carbons (Fsp3) is 0.222. The molecule has 5 heteroatoms. The van der Waals surface area contributed by atoms with Crippen LogP contribution in [0.3, 0.4) is 0 Å². The Kier molecular flexibility index (Phi) is 5.01. The minimum absolute atomic E-state index is 0.268. The number of nitrogens with one attached hydrogen (secondary N) is 1. The number of rotatable bonds is 4. The van der Waals surface area contributed by atoms with Crippen molar-refractivity contribution in [1.82, 2.24) is 0 Å². The smallest absolute Gasteiger partial charge is 0.340 e. The number of benzene rings is 2. The lowest BCUT2D eigenvalue weighted by molar-refractivity contribution is -0.119. The molecule has 3 N–H and O–H groups in total. The molecular formula is C18H20N2O3. The van der Waals surface area contributed by atoms with Gasteiger partial charge in [0.05, 0.1) is 5.56 Å². The summed E-state index contributed by atoms with van der Waals surface area (Å²) in [6.45, 7) is 5.34. The van der Waals surface area contributed by atoms with Gasteiger partial charge >= 0.3 is 5.97 Å². The molecule has 0 bridgehead atoms. The summed E-state index contributed by atoms with van der Waals surface area (Å²) >= 11 is 0. The first-order chi connectivity index (χ1) is 10.9. The van der Waals surface area contributed by atoms with Gasteiger partial charge in [-0.2, -0.15) is 0 Å². The van der Waals surface area contributed by atoms with Crippen molar-refractivity contribution in [3.63, 3.8) is 0 Å². The largest absolute Gasteiger partial charge is 0.452 e. The molecule has 0 aliphatic carbocycles. The molecule has 0 spiro atoms. The van der Waals surface area contributed by atoms with Crippen LogP contribution in [0.2, 0.25) is 0 Å². The number of anilines is 2. The van der Waals surface area contributed by atoms with E-state index in [0.717, 1.165) is 16.7 Å². The summed E-state index contributed by atoms with van der Waals surface area (Å²) in [5, 5.41) is 2.71. The van der Waals surface area contributed by atoms with E-state index in [1.807, 2.05) is 32.0 Å². The molecule has 5 nitrogen and oxygen atoms in total. The van der Waals surface area contributed by atoms with E-state index in [1.165, 1.54) is 0 Å². The Morgan fingerprint density at radius 2 is 1.74 bits per heavy atom. The van der Waals surface area contributed by atoms with Gasteiger partial charge in [0.2, 0.25) is 0 Å². The highest BCUT2D eigenvalue weighted by molar-refractivity contribution is 5.98. The molecule has 0 saturated heterocycles. The van der Waals surface area contributed by atoms with E-state index >= 15 is 0 Å². The zero-order valence-electron chi connectivity index (χ0n) is 13.5. The zero-order valence-corrected chi connectivity index (χ0v) is 13.5. The number of aryl methyl sites for hydroxylation is 3. The molecule has 120 valence electrons. The Hall–Kier alpha value is -2.82. The van der Waals surface area contributed by atoms with Crippen LogP contribution in [0, 0.1) is 20.8 Å². The number of amides is 1. The quantitative estimate of drug-likeness (QED) is 0.671. The van der Waals surface area contributed by atoms with Gasteiger partial charge in [0.1, 0.15) is 0 Å². The number of esters is 1. The SMILES string of the molecule is Cc1cc(C)cc(NC(=O)COC(=O)c2cccc(C)c2N)c1. The van der Waals surface area contributed by atoms with Gasteiger partial charge in [-0.1, -0.05) is 18.2 Å². The molecule has 0 aliphatic rings. The molecule has 23 heavy (non-hydrogen) atoms. The third-order valence-electron chi connectivity index (χ3n) is 3.38. The van der Waals surface area contributed by atoms with Crippen LogP contribution in [0.15, 0.2) is 36.4 Å². The second-order valence-corrected chi connectivity index (χ2v) is 5.54. The third kappa shape index (κ3) is 4.32. The van der Waals surface area contributed by atoms with Crippen LogP contribution in [0.25, 0.3) is 0 Å². The van der Waals surface area contributed by atoms with Crippen molar-refractivity contribution in [2.24, 2.45) is 0 Å². The van der Waals surface area contributed by atoms with Crippen LogP contribution in [-0.2, 0) is 9.53 Å². The highest BCUT2D eigenvalue weighted by Gasteiger charge is 2.14. The monoisotopic (exact) mass is 312 g/mol. The van der Waals surface area contributed by atoms with Gasteiger partial charge in [-0.05, 0) is 55.7 Å². The standard InChI is InChI=1S/C18H20N2O3/c1-11-7-12(2)9-14(8-11)20-16(21)10-23-18(22)15-6-4-5-13(3)17(15)19/h4-9H,10,19H2,1-3H3,(H,20,21). The molecule has 2 rings (SSSR count). The topological polar surface area (TPSA) is 81.4 Å². The third-order valence-corrected chi connectivity index (χ3v) is 3.38. The maximum atomic E-state index is 12.0. The van der Waals surface area contributed by atoms with Crippen LogP contribution >= 0.6 is 0 Å². The van der Waals surface area contributed by atoms with Crippen molar-refractivity contribution in [2.45, 2.75) is 20.8 Å². The van der Waals surface area contributed by atoms with Gasteiger partial charge in [-0.3, -0.25) is 4.79 Å². The average molecular weight is 312 g/mol. The zero-order chi connectivity index (χ0) is 17.0. The van der Waals surface area contributed by atoms with E-state index < -0.39 is 11.9 Å². The lowest BCUT2D eigenvalue weighted by Crippen LogP contribution is -2.21. The lowest BCUT2D eigenvalue weighted by Gasteiger charge is -2.10. The number of carbonyl (C=O) groups excluding carboxylic acids is 2. The maximum absolute atomic E-state index is 12.0. The van der Waals surface area contributed by atoms with Gasteiger partial charge in [-0.25, -0.2) is 4.79 Å². The first-order valence-electron chi connectivity index (χ1n) is 7.27. The Morgan fingerprint density at radius 3 is 2.39 bits per heavy atom. The Balaban J connectivity index is 1.96. The summed E-state index contributed by atoms with van der Waals surface area (Å²) in [5.74, 6) is -1.00. The van der Waals surface area contributed by atoms with Gasteiger partial charge in [0, 0.05) is 11.4 Å². The summed E-state index contributed by atoms with van der Waals surface area (Å²) in [7, 11) is 0. The molecule has 0 radical (unpaired) electrons. The molecule has 0 unspecified atom stereocenters. The number of nitrogens with two attached hydrogens (primary N) is 1. The van der Waals surface area contributed by atoms with Crippen LogP contribution in [0.4, 0.5) is 11.4 Å². The van der Waals surface area contributed by atoms with Crippen molar-refractivity contribution in [2.75, 3.05) is 17.7 Å². The number of hydrogen-bond donors (Lipinski definition) is 2. The summed E-state index contributed by atoms with van der Waals surface area (Å²) in [6.07, 6.45) is 0. The number of nitrogen functional groups attached to an aromatic ring is 1. The second-order valence-electron chi connectivity index (χ2n) is 5.54. The molecule has 0 aromatic heterocycles. The van der Waals surface area contributed by atoms with Crippen molar-refractivity contribution >= 4 is 23.3 Å². The highest BCUT2D eigenvalue weighted by Crippen LogP contribution is 2.17. The summed E-state index contributed by atoms with van der Waals surface area (Å²) in [4.78, 5) is 23.9. The van der Waals surface area contributed by atoms with Crippen molar-refractivity contribution in [1.29, 1.82) is 0 Å². The lowest BCUT2D eigenvalue weighted by atomic mass is 10.1. The van der Waals surface area contributed by atoms with Crippen LogP contribution in [0.1, 0.15) is 27.0 Å². The van der Waals surface area contributed by atoms with Crippen molar-refractivity contribution in [3.05, 3.63) is 58.7 Å². The highest BCUT2D eigenvalue weighted by atomic mass is 16.5. The van der Waals surface area contributed by atoms with Crippen molar-refractivity contribution in [3.8, 4) is 0 Å². The van der Waals surface area contributed by atoms with Gasteiger partial charge < -0.3 is 15.8 Å². The fourth-order valence-electron chi connectivity index (χ4n) is 2.31. The van der Waals surface area contributed by atoms with Crippen LogP contribution in [-0.4, -0.2) is 18.5 Å². The van der Waals surface area contributed by atoms with E-state index in [1.54, 1.807) is 25.1 Å². The summed E-state index contributed by atoms with van der Waals surface area (Å²) in [5.41, 5.74) is 10.0. The molecule has 0 atom stereocenters. The van der Waals surface area contributed by atoms with Gasteiger partial charge in [0.15, 0.2) is 6.61 Å². The minimum atomic E-state index is -0.609. The Morgan fingerprint density at radius 1 is 1.09 bits per heavy atom. The number of hydrogen-bond acceptors (Lipinski definition) is 4. The van der Waals surface area contributed by atoms with Crippen LogP contribution < -0.4 is 11.1 Å². The normalized spacial score (nSPS) is 10.2. The average Bonchev–Trinajstić information content (AvgIpc) is 2.46. The number of ether oxygens (including phenoxy) is 1. The molecule has 0 saturated carbocycles. The minimum Gasteiger partial charge on any atom is -0.452 e. The molecule has 0 heterocycles. The summed E-state index contributed by atoms with van der Waals surface area (Å²) in [6, 6.07) is 10.8. The molecular weight excluding hydrogens is 292 g/mol. The van der Waals surface area contributed by atoms with E-state index in [-0.39, 0.29) is 12.2 Å². The Labute approximate surface area is 135 Å². The molecule has 2 aromatic carbocycles. The predicted octanol–water partition coefficient (Wildman–Crippen LogP) is 2.99. The second kappa shape index (κ2) is 6.96. The Bertz CT molecular complexity index is 734. The molecule has 0 fully saturated rings. The van der Waals surface area contributed by atoms with E-state index in [9.17, 15) is 9.59 Å². The number of para-hydroxylation sites is 1. The number of carbonyl (C=O) groups is 2. The predicted molar refractivity (Wildman–Crippen MR) is 90.4 cm³/mol. The van der Waals surface area contributed by atoms with Gasteiger partial charge in [-0.15, -0.1) is 0 Å². The van der Waals surface area contributed by atoms with Crippen molar-refractivity contribution < 1.29 is 14.3 Å². The molecule has 0 aliphatic heterocycles. The van der Waals surface area contributed by atoms with E-state index in [2.05, 4.69) is 5.32 Å².